The van der Waals surface area contributed by atoms with Crippen molar-refractivity contribution >= 4 is 34.1 Å². The van der Waals surface area contributed by atoms with Gasteiger partial charge in [-0.1, -0.05) is 30.3 Å². The molecule has 0 bridgehead atoms. The molecule has 2 aliphatic rings. The molecule has 1 saturated heterocycles. The molecule has 35 heavy (non-hydrogen) atoms. The Kier molecular flexibility index (Phi) is 5.33. The van der Waals surface area contributed by atoms with Crippen LogP contribution in [-0.2, 0) is 0 Å². The fourth-order valence-electron chi connectivity index (χ4n) is 5.09. The molecule has 1 saturated carbocycles. The zero-order valence-electron chi connectivity index (χ0n) is 19.1. The van der Waals surface area contributed by atoms with Crippen LogP contribution in [0.4, 0.5) is 4.39 Å². The second-order valence-electron chi connectivity index (χ2n) is 9.23. The summed E-state index contributed by atoms with van der Waals surface area (Å²) in [4.78, 5) is 37.9. The normalized spacial score (nSPS) is 20.6. The molecule has 6 rings (SSSR count). The van der Waals surface area contributed by atoms with Gasteiger partial charge in [-0.15, -0.1) is 11.3 Å². The number of pyridine rings is 1. The number of fused-ring (bicyclic) bond motifs is 2. The van der Waals surface area contributed by atoms with Gasteiger partial charge in [-0.2, -0.15) is 0 Å². The van der Waals surface area contributed by atoms with E-state index in [4.69, 9.17) is 0 Å². The molecule has 2 amide bonds. The van der Waals surface area contributed by atoms with E-state index in [1.807, 2.05) is 42.2 Å². The van der Waals surface area contributed by atoms with Crippen LogP contribution in [0.15, 0.2) is 60.8 Å². The molecule has 6 nitrogen and oxygen atoms in total. The minimum absolute atomic E-state index is 0.0905. The lowest BCUT2D eigenvalue weighted by atomic mass is 10.1. The summed E-state index contributed by atoms with van der Waals surface area (Å²) in [6, 6.07) is 15.7. The molecule has 0 radical (unpaired) electrons. The maximum Gasteiger partial charge on any atom is 0.274 e. The van der Waals surface area contributed by atoms with Crippen molar-refractivity contribution in [2.24, 2.45) is 11.8 Å². The van der Waals surface area contributed by atoms with Crippen LogP contribution in [-0.4, -0.2) is 45.8 Å². The van der Waals surface area contributed by atoms with Gasteiger partial charge in [0.15, 0.2) is 0 Å². The number of nitrogens with one attached hydrogen (secondary N) is 1. The maximum absolute atomic E-state index is 13.9. The molecular formula is C27H23FN4O2S. The Hall–Kier alpha value is -3.65. The Morgan fingerprint density at radius 3 is 2.89 bits per heavy atom. The largest absolute Gasteiger partial charge is 0.350 e. The Morgan fingerprint density at radius 1 is 1.17 bits per heavy atom. The third-order valence-electron chi connectivity index (χ3n) is 6.91. The van der Waals surface area contributed by atoms with Crippen LogP contribution in [0.2, 0.25) is 0 Å². The van der Waals surface area contributed by atoms with Gasteiger partial charge in [0.2, 0.25) is 0 Å². The molecule has 2 aromatic carbocycles. The third kappa shape index (κ3) is 4.08. The van der Waals surface area contributed by atoms with E-state index in [9.17, 15) is 14.0 Å². The first-order chi connectivity index (χ1) is 17.0. The molecule has 3 heterocycles. The number of amides is 2. The second kappa shape index (κ2) is 8.53. The molecule has 8 heteroatoms. The molecule has 2 fully saturated rings. The van der Waals surface area contributed by atoms with Gasteiger partial charge in [-0.05, 0) is 55.0 Å². The van der Waals surface area contributed by atoms with Crippen molar-refractivity contribution < 1.29 is 14.0 Å². The predicted molar refractivity (Wildman–Crippen MR) is 133 cm³/mol. The van der Waals surface area contributed by atoms with E-state index in [0.29, 0.717) is 46.6 Å². The molecule has 0 unspecified atom stereocenters. The Bertz CT molecular complexity index is 1470. The fourth-order valence-corrected chi connectivity index (χ4v) is 6.00. The average molecular weight is 487 g/mol. The summed E-state index contributed by atoms with van der Waals surface area (Å²) in [5, 5.41) is 4.68. The van der Waals surface area contributed by atoms with Crippen LogP contribution < -0.4 is 5.32 Å². The number of hydrogen-bond donors (Lipinski definition) is 1. The number of halogens is 1. The lowest BCUT2D eigenvalue weighted by Gasteiger charge is -2.27. The first-order valence-corrected chi connectivity index (χ1v) is 12.5. The predicted octanol–water partition coefficient (Wildman–Crippen LogP) is 4.70. The highest BCUT2D eigenvalue weighted by molar-refractivity contribution is 7.15. The quantitative estimate of drug-likeness (QED) is 0.444. The third-order valence-corrected chi connectivity index (χ3v) is 7.93. The number of carbonyl (C=O) groups excluding carboxylic acids is 2. The highest BCUT2D eigenvalue weighted by Crippen LogP contribution is 2.50. The van der Waals surface area contributed by atoms with E-state index in [1.54, 1.807) is 18.3 Å². The van der Waals surface area contributed by atoms with Crippen LogP contribution in [0.25, 0.3) is 21.3 Å². The lowest BCUT2D eigenvalue weighted by Crippen LogP contribution is -2.45. The number of benzene rings is 2. The second-order valence-corrected chi connectivity index (χ2v) is 10.4. The van der Waals surface area contributed by atoms with E-state index in [2.05, 4.69) is 15.3 Å². The van der Waals surface area contributed by atoms with Gasteiger partial charge in [0.1, 0.15) is 11.5 Å². The van der Waals surface area contributed by atoms with Gasteiger partial charge in [-0.3, -0.25) is 14.6 Å². The summed E-state index contributed by atoms with van der Waals surface area (Å²) in [6.45, 7) is 2.87. The molecule has 1 aliphatic carbocycles. The average Bonchev–Trinajstić information content (AvgIpc) is 3.38. The van der Waals surface area contributed by atoms with Crippen LogP contribution >= 0.6 is 11.3 Å². The fraction of sp³-hybridized carbons (Fsp3) is 0.259. The van der Waals surface area contributed by atoms with Gasteiger partial charge in [0, 0.05) is 24.7 Å². The van der Waals surface area contributed by atoms with Crippen molar-refractivity contribution in [3.63, 3.8) is 0 Å². The zero-order valence-corrected chi connectivity index (χ0v) is 19.9. The van der Waals surface area contributed by atoms with Crippen molar-refractivity contribution in [3.05, 3.63) is 82.9 Å². The number of aryl methyl sites for hydroxylation is 1. The van der Waals surface area contributed by atoms with E-state index in [-0.39, 0.29) is 23.7 Å². The van der Waals surface area contributed by atoms with Crippen LogP contribution in [0.3, 0.4) is 0 Å². The smallest absolute Gasteiger partial charge is 0.274 e. The van der Waals surface area contributed by atoms with Crippen molar-refractivity contribution in [2.75, 3.05) is 13.1 Å². The minimum atomic E-state index is -0.349. The summed E-state index contributed by atoms with van der Waals surface area (Å²) in [6.07, 6.45) is 2.65. The van der Waals surface area contributed by atoms with Gasteiger partial charge in [0.25, 0.3) is 11.8 Å². The summed E-state index contributed by atoms with van der Waals surface area (Å²) < 4.78 is 13.9. The number of aromatic nitrogens is 2. The van der Waals surface area contributed by atoms with Crippen LogP contribution in [0, 0.1) is 24.6 Å². The number of piperidine rings is 1. The highest BCUT2D eigenvalue weighted by atomic mass is 32.1. The number of rotatable bonds is 5. The summed E-state index contributed by atoms with van der Waals surface area (Å²) >= 11 is 1.39. The number of thiazole rings is 1. The summed E-state index contributed by atoms with van der Waals surface area (Å²) in [7, 11) is 0. The van der Waals surface area contributed by atoms with Gasteiger partial charge >= 0.3 is 0 Å². The molecule has 1 N–H and O–H groups in total. The lowest BCUT2D eigenvalue weighted by molar-refractivity contribution is 0.0690. The SMILES string of the molecule is Cc1nc(C(=O)N2C[C@H]3C[C@H]3[C@H]2CNC(=O)c2cnc3ccccc3c2)c(-c2cccc(F)c2)s1. The molecule has 4 aromatic rings. The van der Waals surface area contributed by atoms with Crippen molar-refractivity contribution in [1.82, 2.24) is 20.2 Å². The molecule has 3 atom stereocenters. The number of carbonyl (C=O) groups is 2. The topological polar surface area (TPSA) is 75.2 Å². The first kappa shape index (κ1) is 21.9. The van der Waals surface area contributed by atoms with E-state index < -0.39 is 0 Å². The number of para-hydroxylation sites is 1. The van der Waals surface area contributed by atoms with Crippen LogP contribution in [0.1, 0.15) is 32.3 Å². The standard InChI is InChI=1S/C27H23FN4O2S/c1-15-31-24(25(35-15)17-6-4-7-20(28)10-17)27(34)32-14-19-11-21(19)23(32)13-30-26(33)18-9-16-5-2-3-8-22(16)29-12-18/h2-10,12,19,21,23H,11,13-14H2,1H3,(H,30,33)/t19-,21-,23-/m1/s1. The number of likely N-dealkylation sites (tertiary alicyclic amines) is 1. The monoisotopic (exact) mass is 486 g/mol. The van der Waals surface area contributed by atoms with Gasteiger partial charge < -0.3 is 10.2 Å². The van der Waals surface area contributed by atoms with E-state index in [1.165, 1.54) is 23.5 Å². The zero-order chi connectivity index (χ0) is 24.1. The molecular weight excluding hydrogens is 463 g/mol. The van der Waals surface area contributed by atoms with E-state index in [0.717, 1.165) is 22.3 Å². The van der Waals surface area contributed by atoms with Crippen molar-refractivity contribution in [1.29, 1.82) is 0 Å². The first-order valence-electron chi connectivity index (χ1n) is 11.7. The van der Waals surface area contributed by atoms with Crippen molar-refractivity contribution in [3.8, 4) is 10.4 Å². The number of hydrogen-bond acceptors (Lipinski definition) is 5. The van der Waals surface area contributed by atoms with Crippen molar-refractivity contribution in [2.45, 2.75) is 19.4 Å². The Morgan fingerprint density at radius 2 is 2.03 bits per heavy atom. The maximum atomic E-state index is 13.9. The molecule has 1 aliphatic heterocycles. The summed E-state index contributed by atoms with van der Waals surface area (Å²) in [5.74, 6) is 0.127. The Labute approximate surface area is 205 Å². The highest BCUT2D eigenvalue weighted by Gasteiger charge is 2.54. The van der Waals surface area contributed by atoms with Gasteiger partial charge in [0.05, 0.1) is 27.0 Å². The Balaban J connectivity index is 1.21. The minimum Gasteiger partial charge on any atom is -0.350 e. The number of nitrogens with zero attached hydrogens (tertiary/aromatic N) is 3. The van der Waals surface area contributed by atoms with Crippen LogP contribution in [0.5, 0.6) is 0 Å². The van der Waals surface area contributed by atoms with Gasteiger partial charge in [-0.25, -0.2) is 9.37 Å². The molecule has 176 valence electrons. The summed E-state index contributed by atoms with van der Waals surface area (Å²) in [5.41, 5.74) is 2.34. The van der Waals surface area contributed by atoms with E-state index >= 15 is 0 Å². The molecule has 0 spiro atoms. The molecule has 2 aromatic heterocycles.